The van der Waals surface area contributed by atoms with Crippen molar-refractivity contribution in [2.75, 3.05) is 12.3 Å². The summed E-state index contributed by atoms with van der Waals surface area (Å²) in [4.78, 5) is 4.46. The van der Waals surface area contributed by atoms with Gasteiger partial charge in [0.1, 0.15) is 11.3 Å². The zero-order chi connectivity index (χ0) is 13.2. The van der Waals surface area contributed by atoms with Crippen LogP contribution < -0.4 is 10.5 Å². The van der Waals surface area contributed by atoms with E-state index in [0.29, 0.717) is 12.6 Å². The van der Waals surface area contributed by atoms with E-state index in [-0.39, 0.29) is 0 Å². The average molecular weight is 259 g/mol. The lowest BCUT2D eigenvalue weighted by Crippen LogP contribution is -2.03. The largest absolute Gasteiger partial charge is 0.492 e. The van der Waals surface area contributed by atoms with E-state index in [1.165, 1.54) is 25.7 Å². The molecule has 4 heteroatoms. The predicted octanol–water partition coefficient (Wildman–Crippen LogP) is 3.21. The molecule has 1 fully saturated rings. The predicted molar refractivity (Wildman–Crippen MR) is 77.3 cm³/mol. The Bertz CT molecular complexity index is 572. The van der Waals surface area contributed by atoms with Crippen LogP contribution in [-0.2, 0) is 6.54 Å². The number of benzene rings is 1. The van der Waals surface area contributed by atoms with E-state index in [4.69, 9.17) is 10.5 Å². The van der Waals surface area contributed by atoms with Crippen molar-refractivity contribution in [1.29, 1.82) is 0 Å². The second-order valence-corrected chi connectivity index (χ2v) is 5.26. The average Bonchev–Trinajstić information content (AvgIpc) is 3.16. The first-order valence-electron chi connectivity index (χ1n) is 7.17. The zero-order valence-corrected chi connectivity index (χ0v) is 11.4. The molecule has 0 atom stereocenters. The van der Waals surface area contributed by atoms with Crippen LogP contribution in [0.3, 0.4) is 0 Å². The molecule has 2 aromatic rings. The summed E-state index contributed by atoms with van der Waals surface area (Å²) in [6.45, 7) is 3.58. The number of nitrogens with two attached hydrogens (primary N) is 1. The number of para-hydroxylation sites is 1. The van der Waals surface area contributed by atoms with Gasteiger partial charge in [0.25, 0.3) is 0 Å². The number of fused-ring (bicyclic) bond motifs is 1. The number of nitrogens with zero attached hydrogens (tertiary/aromatic N) is 2. The number of ether oxygens (including phenoxy) is 1. The summed E-state index contributed by atoms with van der Waals surface area (Å²) >= 11 is 0. The molecule has 0 radical (unpaired) electrons. The molecule has 2 N–H and O–H groups in total. The van der Waals surface area contributed by atoms with Crippen molar-refractivity contribution in [1.82, 2.24) is 9.55 Å². The second kappa shape index (κ2) is 5.11. The van der Waals surface area contributed by atoms with E-state index >= 15 is 0 Å². The molecule has 1 aliphatic rings. The molecule has 1 aliphatic carbocycles. The van der Waals surface area contributed by atoms with Gasteiger partial charge in [0.15, 0.2) is 0 Å². The number of aromatic nitrogens is 2. The summed E-state index contributed by atoms with van der Waals surface area (Å²) in [6.07, 6.45) is 5.31. The third-order valence-corrected chi connectivity index (χ3v) is 3.76. The first kappa shape index (κ1) is 12.3. The number of hydrogen-bond donors (Lipinski definition) is 1. The molecule has 0 saturated heterocycles. The molecule has 1 aromatic heterocycles. The molecule has 0 bridgehead atoms. The molecule has 19 heavy (non-hydrogen) atoms. The van der Waals surface area contributed by atoms with Crippen molar-refractivity contribution in [3.63, 3.8) is 0 Å². The lowest BCUT2D eigenvalue weighted by atomic mass is 10.2. The Morgan fingerprint density at radius 1 is 1.42 bits per heavy atom. The van der Waals surface area contributed by atoms with Gasteiger partial charge in [-0.25, -0.2) is 4.98 Å². The van der Waals surface area contributed by atoms with Gasteiger partial charge in [-0.15, -0.1) is 0 Å². The van der Waals surface area contributed by atoms with Gasteiger partial charge in [-0.2, -0.15) is 0 Å². The monoisotopic (exact) mass is 259 g/mol. The Kier molecular flexibility index (Phi) is 3.32. The van der Waals surface area contributed by atoms with E-state index in [2.05, 4.69) is 15.6 Å². The van der Waals surface area contributed by atoms with Crippen molar-refractivity contribution in [2.24, 2.45) is 5.92 Å². The summed E-state index contributed by atoms with van der Waals surface area (Å²) in [7, 11) is 0. The Hall–Kier alpha value is -1.71. The van der Waals surface area contributed by atoms with Gasteiger partial charge >= 0.3 is 0 Å². The fourth-order valence-electron chi connectivity index (χ4n) is 2.59. The molecule has 0 aliphatic heterocycles. The fraction of sp³-hybridized carbons (Fsp3) is 0.533. The highest BCUT2D eigenvalue weighted by molar-refractivity contribution is 5.84. The molecule has 102 valence electrons. The highest BCUT2D eigenvalue weighted by atomic mass is 16.5. The Labute approximate surface area is 113 Å². The topological polar surface area (TPSA) is 53.1 Å². The van der Waals surface area contributed by atoms with Crippen LogP contribution >= 0.6 is 0 Å². The van der Waals surface area contributed by atoms with Crippen molar-refractivity contribution in [3.8, 4) is 5.75 Å². The Morgan fingerprint density at radius 3 is 3.00 bits per heavy atom. The summed E-state index contributed by atoms with van der Waals surface area (Å²) in [5.41, 5.74) is 8.01. The van der Waals surface area contributed by atoms with Crippen LogP contribution in [0.1, 0.15) is 32.6 Å². The maximum atomic E-state index is 6.05. The van der Waals surface area contributed by atoms with Crippen molar-refractivity contribution >= 4 is 17.0 Å². The quantitative estimate of drug-likeness (QED) is 0.866. The van der Waals surface area contributed by atoms with Crippen molar-refractivity contribution in [2.45, 2.75) is 39.2 Å². The van der Waals surface area contributed by atoms with E-state index in [9.17, 15) is 0 Å². The number of nitrogen functional groups attached to an aromatic ring is 1. The van der Waals surface area contributed by atoms with Gasteiger partial charge in [-0.3, -0.25) is 0 Å². The maximum Gasteiger partial charge on any atom is 0.201 e. The Morgan fingerprint density at radius 2 is 2.26 bits per heavy atom. The van der Waals surface area contributed by atoms with Crippen molar-refractivity contribution in [3.05, 3.63) is 18.2 Å². The van der Waals surface area contributed by atoms with Crippen LogP contribution in [0.25, 0.3) is 11.0 Å². The standard InChI is InChI=1S/C15H21N3O/c1-2-19-13-7-3-6-12-14(13)17-15(16)18(12)10-4-5-11-8-9-11/h3,6-7,11H,2,4-5,8-10H2,1H3,(H2,16,17). The van der Waals surface area contributed by atoms with Gasteiger partial charge in [-0.05, 0) is 37.8 Å². The first-order chi connectivity index (χ1) is 9.29. The molecule has 0 unspecified atom stereocenters. The Balaban J connectivity index is 1.85. The minimum atomic E-state index is 0.595. The van der Waals surface area contributed by atoms with E-state index in [1.54, 1.807) is 0 Å². The van der Waals surface area contributed by atoms with Crippen molar-refractivity contribution < 1.29 is 4.74 Å². The van der Waals surface area contributed by atoms with Gasteiger partial charge in [-0.1, -0.05) is 18.9 Å². The van der Waals surface area contributed by atoms with Crippen LogP contribution in [0, 0.1) is 5.92 Å². The molecule has 1 saturated carbocycles. The molecule has 0 spiro atoms. The molecule has 1 aromatic carbocycles. The molecule has 0 amide bonds. The summed E-state index contributed by atoms with van der Waals surface area (Å²) < 4.78 is 7.72. The van der Waals surface area contributed by atoms with Gasteiger partial charge < -0.3 is 15.0 Å². The van der Waals surface area contributed by atoms with E-state index < -0.39 is 0 Å². The summed E-state index contributed by atoms with van der Waals surface area (Å²) in [5.74, 6) is 2.39. The minimum absolute atomic E-state index is 0.595. The van der Waals surface area contributed by atoms with Crippen LogP contribution in [-0.4, -0.2) is 16.2 Å². The van der Waals surface area contributed by atoms with Crippen LogP contribution in [0.4, 0.5) is 5.95 Å². The van der Waals surface area contributed by atoms with E-state index in [1.807, 2.05) is 19.1 Å². The smallest absolute Gasteiger partial charge is 0.201 e. The lowest BCUT2D eigenvalue weighted by molar-refractivity contribution is 0.343. The lowest BCUT2D eigenvalue weighted by Gasteiger charge is -2.07. The number of aryl methyl sites for hydroxylation is 1. The SMILES string of the molecule is CCOc1cccc2c1nc(N)n2CCCC1CC1. The first-order valence-corrected chi connectivity index (χ1v) is 7.17. The van der Waals surface area contributed by atoms with Crippen LogP contribution in [0.2, 0.25) is 0 Å². The second-order valence-electron chi connectivity index (χ2n) is 5.26. The maximum absolute atomic E-state index is 6.05. The molecular weight excluding hydrogens is 238 g/mol. The molecule has 3 rings (SSSR count). The number of imidazole rings is 1. The number of rotatable bonds is 6. The third-order valence-electron chi connectivity index (χ3n) is 3.76. The summed E-state index contributed by atoms with van der Waals surface area (Å²) in [5, 5.41) is 0. The van der Waals surface area contributed by atoms with Gasteiger partial charge in [0.05, 0.1) is 12.1 Å². The summed E-state index contributed by atoms with van der Waals surface area (Å²) in [6, 6.07) is 6.02. The molecule has 4 nitrogen and oxygen atoms in total. The molecular formula is C15H21N3O. The minimum Gasteiger partial charge on any atom is -0.492 e. The number of hydrogen-bond acceptors (Lipinski definition) is 3. The zero-order valence-electron chi connectivity index (χ0n) is 11.4. The fourth-order valence-corrected chi connectivity index (χ4v) is 2.59. The van der Waals surface area contributed by atoms with Crippen LogP contribution in [0.5, 0.6) is 5.75 Å². The molecule has 1 heterocycles. The highest BCUT2D eigenvalue weighted by Crippen LogP contribution is 2.34. The van der Waals surface area contributed by atoms with Gasteiger partial charge in [0, 0.05) is 6.54 Å². The third kappa shape index (κ3) is 2.53. The van der Waals surface area contributed by atoms with E-state index in [0.717, 1.165) is 29.2 Å². The highest BCUT2D eigenvalue weighted by Gasteiger charge is 2.20. The number of anilines is 1. The van der Waals surface area contributed by atoms with Crippen LogP contribution in [0.15, 0.2) is 18.2 Å². The van der Waals surface area contributed by atoms with Gasteiger partial charge in [0.2, 0.25) is 5.95 Å². The normalized spacial score (nSPS) is 15.0.